The molecule has 1 aromatic rings. The van der Waals surface area contributed by atoms with Gasteiger partial charge < -0.3 is 16.2 Å². The molecule has 0 aromatic heterocycles. The van der Waals surface area contributed by atoms with E-state index in [1.165, 1.54) is 19.2 Å². The first-order valence-electron chi connectivity index (χ1n) is 6.64. The van der Waals surface area contributed by atoms with Gasteiger partial charge in [-0.1, -0.05) is 11.8 Å². The number of aliphatic imine (C=N–C) groups is 1. The maximum atomic E-state index is 14.3. The fourth-order valence-corrected chi connectivity index (χ4v) is 4.49. The zero-order valence-corrected chi connectivity index (χ0v) is 12.6. The molecule has 3 rings (SSSR count). The number of anilines is 1. The Morgan fingerprint density at radius 2 is 2.27 bits per heavy atom. The molecule has 0 unspecified atom stereocenters. The summed E-state index contributed by atoms with van der Waals surface area (Å²) < 4.78 is 32.0. The van der Waals surface area contributed by atoms with Gasteiger partial charge in [0.1, 0.15) is 22.8 Å². The minimum absolute atomic E-state index is 0.0222. The van der Waals surface area contributed by atoms with Gasteiger partial charge in [0.15, 0.2) is 5.17 Å². The van der Waals surface area contributed by atoms with Crippen LogP contribution in [-0.4, -0.2) is 29.7 Å². The van der Waals surface area contributed by atoms with E-state index in [4.69, 9.17) is 16.2 Å². The second-order valence-electron chi connectivity index (χ2n) is 5.49. The van der Waals surface area contributed by atoms with E-state index in [2.05, 4.69) is 4.99 Å². The van der Waals surface area contributed by atoms with Crippen LogP contribution < -0.4 is 11.5 Å². The predicted octanol–water partition coefficient (Wildman–Crippen LogP) is 1.57. The molecule has 0 spiro atoms. The molecule has 3 atom stereocenters. The summed E-state index contributed by atoms with van der Waals surface area (Å²) in [5.41, 5.74) is 10.3. The lowest BCUT2D eigenvalue weighted by atomic mass is 9.84. The highest BCUT2D eigenvalue weighted by molar-refractivity contribution is 8.15. The second kappa shape index (κ2) is 4.84. The van der Waals surface area contributed by atoms with Crippen LogP contribution in [0.2, 0.25) is 0 Å². The normalized spacial score (nSPS) is 32.9. The third-order valence-electron chi connectivity index (χ3n) is 4.27. The van der Waals surface area contributed by atoms with E-state index in [0.29, 0.717) is 12.1 Å². The molecule has 0 bridgehead atoms. The van der Waals surface area contributed by atoms with Crippen LogP contribution in [0.25, 0.3) is 0 Å². The first-order valence-corrected chi connectivity index (χ1v) is 7.45. The topological polar surface area (TPSA) is 90.7 Å². The number of amidine groups is 1. The largest absolute Gasteiger partial charge is 0.468 e. The average Bonchev–Trinajstić information content (AvgIpc) is 3.24. The van der Waals surface area contributed by atoms with Crippen molar-refractivity contribution in [2.45, 2.75) is 16.7 Å². The lowest BCUT2D eigenvalue weighted by molar-refractivity contribution is -0.141. The van der Waals surface area contributed by atoms with Crippen molar-refractivity contribution in [2.75, 3.05) is 19.5 Å². The quantitative estimate of drug-likeness (QED) is 0.649. The lowest BCUT2D eigenvalue weighted by Gasteiger charge is -2.34. The number of carbonyl (C=O) groups is 1. The van der Waals surface area contributed by atoms with Crippen LogP contribution in [-0.2, 0) is 15.1 Å². The molecule has 1 aliphatic carbocycles. The molecular formula is C14H15F2N3O2S. The number of carbonyl (C=O) groups excluding carboxylic acids is 1. The van der Waals surface area contributed by atoms with E-state index in [1.807, 2.05) is 0 Å². The van der Waals surface area contributed by atoms with Crippen LogP contribution in [0.15, 0.2) is 23.2 Å². The SMILES string of the molecule is COC(=O)[C@]12C[C@H]1[C@@](CF)(c1cc(N)ccc1F)N=C(N)S2. The second-order valence-corrected chi connectivity index (χ2v) is 6.84. The molecule has 5 nitrogen and oxygen atoms in total. The number of fused-ring (bicyclic) bond motifs is 1. The van der Waals surface area contributed by atoms with E-state index in [1.54, 1.807) is 0 Å². The molecule has 1 saturated carbocycles. The summed E-state index contributed by atoms with van der Waals surface area (Å²) in [4.78, 5) is 16.2. The van der Waals surface area contributed by atoms with Crippen LogP contribution in [0, 0.1) is 11.7 Å². The minimum Gasteiger partial charge on any atom is -0.468 e. The fraction of sp³-hybridized carbons (Fsp3) is 0.429. The van der Waals surface area contributed by atoms with Gasteiger partial charge in [-0.2, -0.15) is 0 Å². The number of methoxy groups -OCH3 is 1. The van der Waals surface area contributed by atoms with Crippen molar-refractivity contribution >= 4 is 28.6 Å². The number of alkyl halides is 1. The summed E-state index contributed by atoms with van der Waals surface area (Å²) in [6.07, 6.45) is 0.326. The Balaban J connectivity index is 2.16. The van der Waals surface area contributed by atoms with Crippen molar-refractivity contribution in [3.05, 3.63) is 29.6 Å². The van der Waals surface area contributed by atoms with Crippen LogP contribution in [0.3, 0.4) is 0 Å². The van der Waals surface area contributed by atoms with E-state index in [0.717, 1.165) is 17.8 Å². The van der Waals surface area contributed by atoms with Gasteiger partial charge in [-0.15, -0.1) is 0 Å². The number of hydrogen-bond acceptors (Lipinski definition) is 6. The molecule has 8 heteroatoms. The van der Waals surface area contributed by atoms with Gasteiger partial charge in [0.25, 0.3) is 0 Å². The van der Waals surface area contributed by atoms with Gasteiger partial charge in [-0.25, -0.2) is 13.8 Å². The highest BCUT2D eigenvalue weighted by atomic mass is 32.2. The number of thioether (sulfide) groups is 1. The van der Waals surface area contributed by atoms with E-state index in [9.17, 15) is 13.6 Å². The van der Waals surface area contributed by atoms with Gasteiger partial charge in [0, 0.05) is 17.2 Å². The number of nitrogens with zero attached hydrogens (tertiary/aromatic N) is 1. The molecule has 118 valence electrons. The predicted molar refractivity (Wildman–Crippen MR) is 80.5 cm³/mol. The minimum atomic E-state index is -1.54. The maximum Gasteiger partial charge on any atom is 0.322 e. The van der Waals surface area contributed by atoms with Gasteiger partial charge in [-0.05, 0) is 24.6 Å². The van der Waals surface area contributed by atoms with Crippen LogP contribution in [0.5, 0.6) is 0 Å². The Bertz CT molecular complexity index is 684. The maximum absolute atomic E-state index is 14.3. The molecular weight excluding hydrogens is 312 g/mol. The Hall–Kier alpha value is -1.83. The Morgan fingerprint density at radius 1 is 1.55 bits per heavy atom. The lowest BCUT2D eigenvalue weighted by Crippen LogP contribution is -2.43. The number of ether oxygens (including phenoxy) is 1. The van der Waals surface area contributed by atoms with Crippen molar-refractivity contribution in [3.8, 4) is 0 Å². The first-order chi connectivity index (χ1) is 10.4. The number of benzene rings is 1. The monoisotopic (exact) mass is 327 g/mol. The van der Waals surface area contributed by atoms with E-state index >= 15 is 0 Å². The van der Waals surface area contributed by atoms with Gasteiger partial charge >= 0.3 is 5.97 Å². The van der Waals surface area contributed by atoms with Crippen molar-refractivity contribution < 1.29 is 18.3 Å². The Kier molecular flexibility index (Phi) is 3.32. The summed E-state index contributed by atoms with van der Waals surface area (Å²) in [5.74, 6) is -1.64. The van der Waals surface area contributed by atoms with Crippen molar-refractivity contribution in [1.29, 1.82) is 0 Å². The number of hydrogen-bond donors (Lipinski definition) is 2. The zero-order valence-electron chi connectivity index (χ0n) is 11.8. The molecule has 4 N–H and O–H groups in total. The van der Waals surface area contributed by atoms with Crippen molar-refractivity contribution in [3.63, 3.8) is 0 Å². The smallest absolute Gasteiger partial charge is 0.322 e. The number of rotatable bonds is 3. The van der Waals surface area contributed by atoms with Crippen LogP contribution >= 0.6 is 11.8 Å². The Labute approximate surface area is 130 Å². The summed E-state index contributed by atoms with van der Waals surface area (Å²) in [5, 5.41) is 0.0404. The molecule has 1 aliphatic heterocycles. The summed E-state index contributed by atoms with van der Waals surface area (Å²) >= 11 is 1.05. The highest BCUT2D eigenvalue weighted by Gasteiger charge is 2.73. The van der Waals surface area contributed by atoms with Gasteiger partial charge in [-0.3, -0.25) is 4.79 Å². The van der Waals surface area contributed by atoms with E-state index < -0.39 is 34.7 Å². The third kappa shape index (κ3) is 1.89. The molecule has 0 radical (unpaired) electrons. The average molecular weight is 327 g/mol. The summed E-state index contributed by atoms with van der Waals surface area (Å²) in [7, 11) is 1.26. The Morgan fingerprint density at radius 3 is 2.91 bits per heavy atom. The fourth-order valence-electron chi connectivity index (χ4n) is 3.15. The van der Waals surface area contributed by atoms with E-state index in [-0.39, 0.29) is 10.7 Å². The van der Waals surface area contributed by atoms with Gasteiger partial charge in [0.05, 0.1) is 7.11 Å². The molecule has 2 aliphatic rings. The van der Waals surface area contributed by atoms with Gasteiger partial charge in [0.2, 0.25) is 0 Å². The number of nitrogen functional groups attached to an aromatic ring is 1. The van der Waals surface area contributed by atoms with Crippen LogP contribution in [0.4, 0.5) is 14.5 Å². The third-order valence-corrected chi connectivity index (χ3v) is 5.56. The molecule has 22 heavy (non-hydrogen) atoms. The number of esters is 1. The van der Waals surface area contributed by atoms with Crippen LogP contribution in [0.1, 0.15) is 12.0 Å². The summed E-state index contributed by atoms with van der Waals surface area (Å²) in [6, 6.07) is 3.90. The summed E-state index contributed by atoms with van der Waals surface area (Å²) in [6.45, 7) is -0.974. The molecule has 1 aromatic carbocycles. The molecule has 1 fully saturated rings. The van der Waals surface area contributed by atoms with Crippen molar-refractivity contribution in [2.24, 2.45) is 16.6 Å². The number of halogens is 2. The number of nitrogens with two attached hydrogens (primary N) is 2. The molecule has 1 heterocycles. The zero-order chi connectivity index (χ0) is 16.1. The molecule has 0 amide bonds. The first kappa shape index (κ1) is 15.1. The molecule has 0 saturated heterocycles. The highest BCUT2D eigenvalue weighted by Crippen LogP contribution is 2.66. The van der Waals surface area contributed by atoms with Crippen molar-refractivity contribution in [1.82, 2.24) is 0 Å². The standard InChI is InChI=1S/C14H15F2N3O2S/c1-21-11(20)14-5-10(14)13(6-15,19-12(18)22-14)8-4-7(17)2-3-9(8)16/h2-4,10H,5-6,17H2,1H3,(H2,18,19)/t10-,13+,14-/m0/s1.